The van der Waals surface area contributed by atoms with Crippen LogP contribution in [0.15, 0.2) is 72.8 Å². The van der Waals surface area contributed by atoms with Gasteiger partial charge in [-0.15, -0.1) is 0 Å². The van der Waals surface area contributed by atoms with Gasteiger partial charge in [0.2, 0.25) is 0 Å². The molecule has 154 valence electrons. The lowest BCUT2D eigenvalue weighted by molar-refractivity contribution is 0.0937. The van der Waals surface area contributed by atoms with Crippen LogP contribution in [-0.2, 0) is 0 Å². The summed E-state index contributed by atoms with van der Waals surface area (Å²) in [6, 6.07) is 20.2. The maximum Gasteiger partial charge on any atom is 0.323 e. The number of methoxy groups -OCH3 is 1. The first-order valence-electron chi connectivity index (χ1n) is 9.37. The standard InChI is InChI=1S/C23H23N3O4/c1-15(24-22(28)20-13-12-19(30-2)14-21(20)27)16-8-10-18(11-9-16)26-23(29)25-17-6-4-3-5-7-17/h3-15,27H,1-2H3,(H,24,28)(H2,25,26,29)/t15-/m0/s1. The number of para-hydroxylation sites is 1. The molecule has 7 heteroatoms. The summed E-state index contributed by atoms with van der Waals surface area (Å²) in [4.78, 5) is 24.5. The number of benzene rings is 3. The molecule has 0 spiro atoms. The largest absolute Gasteiger partial charge is 0.507 e. The van der Waals surface area contributed by atoms with Crippen LogP contribution >= 0.6 is 0 Å². The Morgan fingerprint density at radius 3 is 2.13 bits per heavy atom. The zero-order chi connectivity index (χ0) is 21.5. The second-order valence-corrected chi connectivity index (χ2v) is 6.65. The molecular formula is C23H23N3O4. The van der Waals surface area contributed by atoms with Crippen molar-refractivity contribution in [2.45, 2.75) is 13.0 Å². The fourth-order valence-electron chi connectivity index (χ4n) is 2.86. The number of nitrogens with one attached hydrogen (secondary N) is 3. The van der Waals surface area contributed by atoms with Crippen LogP contribution in [0.4, 0.5) is 16.2 Å². The Morgan fingerprint density at radius 2 is 1.53 bits per heavy atom. The highest BCUT2D eigenvalue weighted by Crippen LogP contribution is 2.24. The van der Waals surface area contributed by atoms with Crippen molar-refractivity contribution in [3.05, 3.63) is 83.9 Å². The summed E-state index contributed by atoms with van der Waals surface area (Å²) in [5, 5.41) is 18.4. The summed E-state index contributed by atoms with van der Waals surface area (Å²) in [6.07, 6.45) is 0. The van der Waals surface area contributed by atoms with Crippen molar-refractivity contribution < 1.29 is 19.4 Å². The van der Waals surface area contributed by atoms with E-state index in [0.29, 0.717) is 17.1 Å². The van der Waals surface area contributed by atoms with Gasteiger partial charge < -0.3 is 25.8 Å². The topological polar surface area (TPSA) is 99.7 Å². The maximum atomic E-state index is 12.5. The van der Waals surface area contributed by atoms with Gasteiger partial charge in [-0.25, -0.2) is 4.79 Å². The zero-order valence-corrected chi connectivity index (χ0v) is 16.7. The first kappa shape index (κ1) is 20.7. The normalized spacial score (nSPS) is 11.3. The molecule has 0 aromatic heterocycles. The lowest BCUT2D eigenvalue weighted by Gasteiger charge is -2.16. The average molecular weight is 405 g/mol. The van der Waals surface area contributed by atoms with Gasteiger partial charge in [-0.3, -0.25) is 4.79 Å². The number of carbonyl (C=O) groups is 2. The number of carbonyl (C=O) groups excluding carboxylic acids is 2. The Balaban J connectivity index is 1.58. The number of ether oxygens (including phenoxy) is 1. The molecule has 0 aliphatic heterocycles. The monoisotopic (exact) mass is 405 g/mol. The van der Waals surface area contributed by atoms with Crippen molar-refractivity contribution in [2.24, 2.45) is 0 Å². The Bertz CT molecular complexity index is 1020. The molecule has 0 radical (unpaired) electrons. The molecule has 3 rings (SSSR count). The van der Waals surface area contributed by atoms with Crippen LogP contribution < -0.4 is 20.7 Å². The maximum absolute atomic E-state index is 12.5. The van der Waals surface area contributed by atoms with Gasteiger partial charge in [-0.05, 0) is 48.9 Å². The highest BCUT2D eigenvalue weighted by molar-refractivity contribution is 5.99. The van der Waals surface area contributed by atoms with E-state index in [4.69, 9.17) is 4.74 Å². The molecule has 0 aliphatic rings. The number of hydrogen-bond donors (Lipinski definition) is 4. The summed E-state index contributed by atoms with van der Waals surface area (Å²) in [7, 11) is 1.49. The number of aromatic hydroxyl groups is 1. The number of urea groups is 1. The van der Waals surface area contributed by atoms with Crippen LogP contribution in [0.25, 0.3) is 0 Å². The van der Waals surface area contributed by atoms with Gasteiger partial charge in [-0.2, -0.15) is 0 Å². The van der Waals surface area contributed by atoms with E-state index in [1.807, 2.05) is 37.3 Å². The molecule has 0 fully saturated rings. The molecule has 3 aromatic carbocycles. The van der Waals surface area contributed by atoms with Gasteiger partial charge in [0.25, 0.3) is 5.91 Å². The number of phenolic OH excluding ortho intramolecular Hbond substituents is 1. The smallest absolute Gasteiger partial charge is 0.323 e. The van der Waals surface area contributed by atoms with E-state index in [9.17, 15) is 14.7 Å². The molecule has 0 heterocycles. The first-order valence-corrected chi connectivity index (χ1v) is 9.37. The van der Waals surface area contributed by atoms with Crippen molar-refractivity contribution in [1.29, 1.82) is 0 Å². The minimum atomic E-state index is -0.396. The predicted octanol–water partition coefficient (Wildman–Crippen LogP) is 4.54. The number of amides is 3. The molecular weight excluding hydrogens is 382 g/mol. The van der Waals surface area contributed by atoms with E-state index in [-0.39, 0.29) is 23.4 Å². The second kappa shape index (κ2) is 9.47. The number of phenols is 1. The predicted molar refractivity (Wildman–Crippen MR) is 116 cm³/mol. The summed E-state index contributed by atoms with van der Waals surface area (Å²) < 4.78 is 5.03. The van der Waals surface area contributed by atoms with Crippen molar-refractivity contribution in [2.75, 3.05) is 17.7 Å². The molecule has 7 nitrogen and oxygen atoms in total. The van der Waals surface area contributed by atoms with Crippen molar-refractivity contribution in [3.8, 4) is 11.5 Å². The molecule has 0 aliphatic carbocycles. The second-order valence-electron chi connectivity index (χ2n) is 6.65. The molecule has 30 heavy (non-hydrogen) atoms. The third kappa shape index (κ3) is 5.29. The minimum Gasteiger partial charge on any atom is -0.507 e. The number of rotatable bonds is 6. The van der Waals surface area contributed by atoms with Gasteiger partial charge in [0.05, 0.1) is 18.7 Å². The van der Waals surface area contributed by atoms with Crippen LogP contribution in [0.3, 0.4) is 0 Å². The van der Waals surface area contributed by atoms with E-state index >= 15 is 0 Å². The third-order valence-electron chi connectivity index (χ3n) is 4.50. The van der Waals surface area contributed by atoms with Crippen molar-refractivity contribution in [1.82, 2.24) is 5.32 Å². The molecule has 0 saturated carbocycles. The SMILES string of the molecule is COc1ccc(C(=O)N[C@@H](C)c2ccc(NC(=O)Nc3ccccc3)cc2)c(O)c1. The van der Waals surface area contributed by atoms with Crippen LogP contribution in [0, 0.1) is 0 Å². The molecule has 0 bridgehead atoms. The Morgan fingerprint density at radius 1 is 0.900 bits per heavy atom. The third-order valence-corrected chi connectivity index (χ3v) is 4.50. The highest BCUT2D eigenvalue weighted by atomic mass is 16.5. The van der Waals surface area contributed by atoms with Gasteiger partial charge in [-0.1, -0.05) is 30.3 Å². The lowest BCUT2D eigenvalue weighted by Crippen LogP contribution is -2.26. The van der Waals surface area contributed by atoms with Crippen LogP contribution in [0.2, 0.25) is 0 Å². The fraction of sp³-hybridized carbons (Fsp3) is 0.130. The molecule has 4 N–H and O–H groups in total. The summed E-state index contributed by atoms with van der Waals surface area (Å²) in [5.41, 5.74) is 2.34. The summed E-state index contributed by atoms with van der Waals surface area (Å²) in [6.45, 7) is 1.84. The van der Waals surface area contributed by atoms with E-state index in [2.05, 4.69) is 16.0 Å². The minimum absolute atomic E-state index is 0.150. The van der Waals surface area contributed by atoms with E-state index in [0.717, 1.165) is 5.56 Å². The Kier molecular flexibility index (Phi) is 6.54. The van der Waals surface area contributed by atoms with Gasteiger partial charge in [0, 0.05) is 17.4 Å². The Labute approximate surface area is 174 Å². The Hall–Kier alpha value is -4.00. The molecule has 3 amide bonds. The van der Waals surface area contributed by atoms with Gasteiger partial charge >= 0.3 is 6.03 Å². The summed E-state index contributed by atoms with van der Waals surface area (Å²) >= 11 is 0. The van der Waals surface area contributed by atoms with Crippen LogP contribution in [0.1, 0.15) is 28.9 Å². The van der Waals surface area contributed by atoms with E-state index in [1.54, 1.807) is 30.3 Å². The van der Waals surface area contributed by atoms with Crippen molar-refractivity contribution in [3.63, 3.8) is 0 Å². The van der Waals surface area contributed by atoms with E-state index in [1.165, 1.54) is 19.2 Å². The van der Waals surface area contributed by atoms with E-state index < -0.39 is 5.91 Å². The molecule has 0 saturated heterocycles. The van der Waals surface area contributed by atoms with Gasteiger partial charge in [0.1, 0.15) is 11.5 Å². The van der Waals surface area contributed by atoms with Gasteiger partial charge in [0.15, 0.2) is 0 Å². The number of hydrogen-bond acceptors (Lipinski definition) is 4. The summed E-state index contributed by atoms with van der Waals surface area (Å²) in [5.74, 6) is -0.0772. The van der Waals surface area contributed by atoms with Crippen LogP contribution in [0.5, 0.6) is 11.5 Å². The fourth-order valence-corrected chi connectivity index (χ4v) is 2.86. The molecule has 0 unspecified atom stereocenters. The highest BCUT2D eigenvalue weighted by Gasteiger charge is 2.15. The molecule has 3 aromatic rings. The van der Waals surface area contributed by atoms with Crippen molar-refractivity contribution >= 4 is 23.3 Å². The molecule has 1 atom stereocenters. The van der Waals surface area contributed by atoms with Crippen LogP contribution in [-0.4, -0.2) is 24.2 Å². The quantitative estimate of drug-likeness (QED) is 0.484. The lowest BCUT2D eigenvalue weighted by atomic mass is 10.1. The first-order chi connectivity index (χ1) is 14.5. The number of anilines is 2. The zero-order valence-electron chi connectivity index (χ0n) is 16.7. The average Bonchev–Trinajstić information content (AvgIpc) is 2.74.